The normalized spacial score (nSPS) is 11.2. The highest BCUT2D eigenvalue weighted by Crippen LogP contribution is 2.37. The molecule has 0 fully saturated rings. The second kappa shape index (κ2) is 11.9. The van der Waals surface area contributed by atoms with Gasteiger partial charge in [-0.1, -0.05) is 69.5 Å². The maximum absolute atomic E-state index is 13.3. The van der Waals surface area contributed by atoms with E-state index in [2.05, 4.69) is 54.0 Å². The van der Waals surface area contributed by atoms with Gasteiger partial charge in [-0.3, -0.25) is 4.79 Å². The molecule has 0 aliphatic heterocycles. The van der Waals surface area contributed by atoms with Crippen molar-refractivity contribution in [3.63, 3.8) is 0 Å². The molecule has 1 amide bonds. The fourth-order valence-electron chi connectivity index (χ4n) is 3.99. The molecule has 5 aromatic rings. The van der Waals surface area contributed by atoms with Gasteiger partial charge in [-0.15, -0.1) is 0 Å². The SMILES string of the molecule is O=C(Oc1ccc(Br)cc1C=NNC(=O)c1[nH]c2ccc(I)cc2c1-c1ccccc1Cl)c1ccccc1Cl. The van der Waals surface area contributed by atoms with Crippen LogP contribution in [-0.2, 0) is 0 Å². The Bertz CT molecular complexity index is 1770. The van der Waals surface area contributed by atoms with Crippen molar-refractivity contribution in [2.75, 3.05) is 0 Å². The zero-order valence-electron chi connectivity index (χ0n) is 19.8. The number of ether oxygens (including phenoxy) is 1. The zero-order chi connectivity index (χ0) is 27.5. The topological polar surface area (TPSA) is 83.5 Å². The first-order valence-corrected chi connectivity index (χ1v) is 14.1. The van der Waals surface area contributed by atoms with Crippen molar-refractivity contribution in [2.24, 2.45) is 5.10 Å². The average Bonchev–Trinajstić information content (AvgIpc) is 3.29. The fourth-order valence-corrected chi connectivity index (χ4v) is 5.30. The van der Waals surface area contributed by atoms with Gasteiger partial charge in [0.05, 0.1) is 16.8 Å². The summed E-state index contributed by atoms with van der Waals surface area (Å²) in [5.41, 5.74) is 5.78. The van der Waals surface area contributed by atoms with Crippen LogP contribution in [0.5, 0.6) is 5.75 Å². The molecule has 0 aliphatic rings. The van der Waals surface area contributed by atoms with Gasteiger partial charge in [-0.05, 0) is 77.2 Å². The van der Waals surface area contributed by atoms with Crippen LogP contribution in [0.4, 0.5) is 0 Å². The number of carbonyl (C=O) groups excluding carboxylic acids is 2. The number of benzene rings is 4. The van der Waals surface area contributed by atoms with Gasteiger partial charge in [-0.25, -0.2) is 10.2 Å². The molecule has 4 aromatic carbocycles. The van der Waals surface area contributed by atoms with Crippen LogP contribution in [0.15, 0.2) is 94.5 Å². The fraction of sp³-hybridized carbons (Fsp3) is 0. The van der Waals surface area contributed by atoms with Gasteiger partial charge >= 0.3 is 5.97 Å². The summed E-state index contributed by atoms with van der Waals surface area (Å²) in [6.07, 6.45) is 1.40. The maximum atomic E-state index is 13.3. The quantitative estimate of drug-likeness (QED) is 0.0604. The Morgan fingerprint density at radius 1 is 0.949 bits per heavy atom. The van der Waals surface area contributed by atoms with Crippen molar-refractivity contribution in [3.05, 3.63) is 120 Å². The van der Waals surface area contributed by atoms with E-state index in [9.17, 15) is 9.59 Å². The highest BCUT2D eigenvalue weighted by molar-refractivity contribution is 14.1. The maximum Gasteiger partial charge on any atom is 0.345 e. The summed E-state index contributed by atoms with van der Waals surface area (Å²) in [7, 11) is 0. The van der Waals surface area contributed by atoms with Gasteiger partial charge in [0, 0.05) is 40.7 Å². The lowest BCUT2D eigenvalue weighted by Gasteiger charge is -2.09. The molecule has 0 radical (unpaired) electrons. The molecule has 0 atom stereocenters. The predicted octanol–water partition coefficient (Wildman–Crippen LogP) is 8.49. The van der Waals surface area contributed by atoms with Crippen LogP contribution >= 0.6 is 61.7 Å². The molecule has 0 spiro atoms. The number of carbonyl (C=O) groups is 2. The highest BCUT2D eigenvalue weighted by atomic mass is 127. The summed E-state index contributed by atoms with van der Waals surface area (Å²) < 4.78 is 7.34. The first-order valence-electron chi connectivity index (χ1n) is 11.5. The summed E-state index contributed by atoms with van der Waals surface area (Å²) in [5, 5.41) is 5.81. The van der Waals surface area contributed by atoms with E-state index in [-0.39, 0.29) is 16.3 Å². The van der Waals surface area contributed by atoms with Crippen LogP contribution in [0.1, 0.15) is 26.4 Å². The summed E-state index contributed by atoms with van der Waals surface area (Å²) in [6.45, 7) is 0. The summed E-state index contributed by atoms with van der Waals surface area (Å²) in [4.78, 5) is 29.2. The smallest absolute Gasteiger partial charge is 0.345 e. The van der Waals surface area contributed by atoms with Gasteiger partial charge in [-0.2, -0.15) is 5.10 Å². The molecule has 1 aromatic heterocycles. The number of aromatic nitrogens is 1. The number of esters is 1. The molecular weight excluding hydrogens is 716 g/mol. The minimum Gasteiger partial charge on any atom is -0.422 e. The second-order valence-corrected chi connectivity index (χ2v) is 11.3. The largest absolute Gasteiger partial charge is 0.422 e. The van der Waals surface area contributed by atoms with E-state index in [1.54, 1.807) is 48.5 Å². The van der Waals surface area contributed by atoms with Crippen LogP contribution in [0.3, 0.4) is 0 Å². The number of H-pyrrole nitrogens is 1. The molecule has 5 rings (SSSR count). The van der Waals surface area contributed by atoms with Crippen LogP contribution in [0.2, 0.25) is 10.0 Å². The first kappa shape index (κ1) is 27.4. The minimum atomic E-state index is -0.612. The van der Waals surface area contributed by atoms with E-state index >= 15 is 0 Å². The van der Waals surface area contributed by atoms with Crippen molar-refractivity contribution < 1.29 is 14.3 Å². The molecule has 39 heavy (non-hydrogen) atoms. The van der Waals surface area contributed by atoms with E-state index < -0.39 is 11.9 Å². The van der Waals surface area contributed by atoms with Crippen molar-refractivity contribution >= 4 is 90.7 Å². The summed E-state index contributed by atoms with van der Waals surface area (Å²) in [6, 6.07) is 24.9. The Morgan fingerprint density at radius 2 is 1.69 bits per heavy atom. The Kier molecular flexibility index (Phi) is 8.37. The molecule has 2 N–H and O–H groups in total. The van der Waals surface area contributed by atoms with Crippen molar-refractivity contribution in [1.82, 2.24) is 10.4 Å². The Balaban J connectivity index is 1.44. The highest BCUT2D eigenvalue weighted by Gasteiger charge is 2.21. The number of aromatic amines is 1. The van der Waals surface area contributed by atoms with Gasteiger partial charge in [0.2, 0.25) is 0 Å². The van der Waals surface area contributed by atoms with Crippen LogP contribution < -0.4 is 10.2 Å². The molecular formula is C29H17BrCl2IN3O3. The standard InChI is InChI=1S/C29H17BrCl2IN3O3/c30-17-9-12-25(39-29(38)20-6-2-4-8-23(20)32)16(13-17)15-34-36-28(37)27-26(19-5-1-3-7-22(19)31)21-14-18(33)10-11-24(21)35-27/h1-15,35H,(H,36,37). The molecule has 0 aliphatic carbocycles. The number of hydrogen-bond acceptors (Lipinski definition) is 4. The van der Waals surface area contributed by atoms with Crippen molar-refractivity contribution in [2.45, 2.75) is 0 Å². The number of hydrogen-bond donors (Lipinski definition) is 2. The van der Waals surface area contributed by atoms with Gasteiger partial charge in [0.1, 0.15) is 11.4 Å². The van der Waals surface area contributed by atoms with Gasteiger partial charge in [0.15, 0.2) is 0 Å². The van der Waals surface area contributed by atoms with Crippen LogP contribution in [-0.4, -0.2) is 23.1 Å². The molecule has 0 saturated carbocycles. The van der Waals surface area contributed by atoms with E-state index in [0.29, 0.717) is 21.8 Å². The number of halogens is 4. The molecule has 0 unspecified atom stereocenters. The van der Waals surface area contributed by atoms with Gasteiger partial charge < -0.3 is 9.72 Å². The third kappa shape index (κ3) is 6.04. The van der Waals surface area contributed by atoms with Gasteiger partial charge in [0.25, 0.3) is 5.91 Å². The monoisotopic (exact) mass is 731 g/mol. The lowest BCUT2D eigenvalue weighted by Crippen LogP contribution is -2.19. The van der Waals surface area contributed by atoms with Crippen LogP contribution in [0, 0.1) is 3.57 Å². The molecule has 10 heteroatoms. The lowest BCUT2D eigenvalue weighted by molar-refractivity contribution is 0.0734. The molecule has 0 bridgehead atoms. The number of nitrogens with zero attached hydrogens (tertiary/aromatic N) is 1. The zero-order valence-corrected chi connectivity index (χ0v) is 25.1. The summed E-state index contributed by atoms with van der Waals surface area (Å²) >= 11 is 18.3. The Morgan fingerprint density at radius 3 is 2.46 bits per heavy atom. The summed E-state index contributed by atoms with van der Waals surface area (Å²) in [5.74, 6) is -0.825. The first-order chi connectivity index (χ1) is 18.8. The number of nitrogens with one attached hydrogen (secondary N) is 2. The number of rotatable bonds is 6. The second-order valence-electron chi connectivity index (χ2n) is 8.30. The molecule has 1 heterocycles. The Hall–Kier alpha value is -3.18. The van der Waals surface area contributed by atoms with Crippen LogP contribution in [0.25, 0.3) is 22.0 Å². The van der Waals surface area contributed by atoms with Crippen molar-refractivity contribution in [3.8, 4) is 16.9 Å². The van der Waals surface area contributed by atoms with E-state index in [1.807, 2.05) is 36.4 Å². The van der Waals surface area contributed by atoms with E-state index in [4.69, 9.17) is 27.9 Å². The lowest BCUT2D eigenvalue weighted by atomic mass is 10.0. The third-order valence-corrected chi connectivity index (χ3v) is 7.59. The number of amides is 1. The minimum absolute atomic E-state index is 0.235. The number of fused-ring (bicyclic) bond motifs is 1. The number of hydrazone groups is 1. The van der Waals surface area contributed by atoms with E-state index in [0.717, 1.165) is 24.5 Å². The van der Waals surface area contributed by atoms with Crippen molar-refractivity contribution in [1.29, 1.82) is 0 Å². The van der Waals surface area contributed by atoms with E-state index in [1.165, 1.54) is 6.21 Å². The third-order valence-electron chi connectivity index (χ3n) is 5.77. The predicted molar refractivity (Wildman–Crippen MR) is 167 cm³/mol. The average molecular weight is 733 g/mol. The molecule has 0 saturated heterocycles. The molecule has 194 valence electrons. The molecule has 6 nitrogen and oxygen atoms in total. The Labute approximate surface area is 255 Å².